The van der Waals surface area contributed by atoms with E-state index < -0.39 is 10.0 Å². The molecule has 4 nitrogen and oxygen atoms in total. The van der Waals surface area contributed by atoms with Crippen molar-refractivity contribution in [2.24, 2.45) is 0 Å². The van der Waals surface area contributed by atoms with Gasteiger partial charge in [0, 0.05) is 28.6 Å². The van der Waals surface area contributed by atoms with Crippen LogP contribution in [0.5, 0.6) is 5.75 Å². The third kappa shape index (κ3) is 2.24. The number of methoxy groups -OCH3 is 1. The number of benzene rings is 1. The number of thioether (sulfide) groups is 1. The van der Waals surface area contributed by atoms with Gasteiger partial charge in [0.1, 0.15) is 10.6 Å². The molecule has 2 unspecified atom stereocenters. The van der Waals surface area contributed by atoms with E-state index in [9.17, 15) is 8.42 Å². The SMILES string of the molecule is COc1ccc(Cl)cc1S(=O)(=O)N1CC2CC1CS2. The molecule has 3 rings (SSSR count). The summed E-state index contributed by atoms with van der Waals surface area (Å²) >= 11 is 7.78. The van der Waals surface area contributed by atoms with Crippen LogP contribution < -0.4 is 4.74 Å². The van der Waals surface area contributed by atoms with Crippen molar-refractivity contribution in [3.05, 3.63) is 23.2 Å². The van der Waals surface area contributed by atoms with E-state index in [4.69, 9.17) is 16.3 Å². The average Bonchev–Trinajstić information content (AvgIpc) is 3.01. The van der Waals surface area contributed by atoms with Gasteiger partial charge >= 0.3 is 0 Å². The summed E-state index contributed by atoms with van der Waals surface area (Å²) < 4.78 is 32.2. The molecule has 0 radical (unpaired) electrons. The molecule has 19 heavy (non-hydrogen) atoms. The average molecular weight is 320 g/mol. The molecule has 2 atom stereocenters. The number of fused-ring (bicyclic) bond motifs is 2. The first kappa shape index (κ1) is 13.5. The van der Waals surface area contributed by atoms with Gasteiger partial charge in [-0.1, -0.05) is 11.6 Å². The van der Waals surface area contributed by atoms with Crippen LogP contribution >= 0.6 is 23.4 Å². The monoisotopic (exact) mass is 319 g/mol. The first-order valence-electron chi connectivity index (χ1n) is 5.99. The Morgan fingerprint density at radius 1 is 1.47 bits per heavy atom. The highest BCUT2D eigenvalue weighted by atomic mass is 35.5. The topological polar surface area (TPSA) is 46.6 Å². The van der Waals surface area contributed by atoms with Crippen LogP contribution in [0.4, 0.5) is 0 Å². The van der Waals surface area contributed by atoms with E-state index in [1.54, 1.807) is 16.4 Å². The first-order valence-corrected chi connectivity index (χ1v) is 8.86. The summed E-state index contributed by atoms with van der Waals surface area (Å²) in [4.78, 5) is 0.167. The Kier molecular flexibility index (Phi) is 3.45. The van der Waals surface area contributed by atoms with Crippen molar-refractivity contribution in [3.63, 3.8) is 0 Å². The number of rotatable bonds is 3. The van der Waals surface area contributed by atoms with Crippen molar-refractivity contribution >= 4 is 33.4 Å². The number of hydrogen-bond acceptors (Lipinski definition) is 4. The summed E-state index contributed by atoms with van der Waals surface area (Å²) in [5, 5.41) is 0.836. The Bertz CT molecular complexity index is 605. The third-order valence-corrected chi connectivity index (χ3v) is 7.13. The van der Waals surface area contributed by atoms with Gasteiger partial charge in [-0.2, -0.15) is 16.1 Å². The highest BCUT2D eigenvalue weighted by Crippen LogP contribution is 2.41. The molecule has 0 amide bonds. The second kappa shape index (κ2) is 4.84. The van der Waals surface area contributed by atoms with Crippen LogP contribution in [0.1, 0.15) is 6.42 Å². The Balaban J connectivity index is 2.03. The molecule has 0 saturated carbocycles. The molecule has 0 aromatic heterocycles. The maximum Gasteiger partial charge on any atom is 0.247 e. The standard InChI is InChI=1S/C12H14ClNO3S2/c1-17-11-3-2-8(13)4-12(11)19(15,16)14-6-10-5-9(14)7-18-10/h2-4,9-10H,5-7H2,1H3. The Hall–Kier alpha value is -0.430. The molecule has 2 fully saturated rings. The van der Waals surface area contributed by atoms with E-state index in [2.05, 4.69) is 0 Å². The van der Waals surface area contributed by atoms with Gasteiger partial charge in [-0.3, -0.25) is 0 Å². The summed E-state index contributed by atoms with van der Waals surface area (Å²) in [5.74, 6) is 1.23. The van der Waals surface area contributed by atoms with Crippen LogP contribution in [0.25, 0.3) is 0 Å². The molecule has 2 heterocycles. The van der Waals surface area contributed by atoms with E-state index >= 15 is 0 Å². The van der Waals surface area contributed by atoms with Crippen molar-refractivity contribution in [3.8, 4) is 5.75 Å². The highest BCUT2D eigenvalue weighted by molar-refractivity contribution is 8.00. The van der Waals surface area contributed by atoms with Crippen LogP contribution in [0, 0.1) is 0 Å². The van der Waals surface area contributed by atoms with Gasteiger partial charge in [-0.25, -0.2) is 8.42 Å². The largest absolute Gasteiger partial charge is 0.495 e. The molecule has 2 aliphatic heterocycles. The number of nitrogens with zero attached hydrogens (tertiary/aromatic N) is 1. The molecule has 2 saturated heterocycles. The Morgan fingerprint density at radius 3 is 2.84 bits per heavy atom. The molecule has 2 bridgehead atoms. The smallest absolute Gasteiger partial charge is 0.247 e. The minimum atomic E-state index is -3.52. The second-order valence-corrected chi connectivity index (χ2v) is 8.34. The molecule has 7 heteroatoms. The van der Waals surface area contributed by atoms with Crippen molar-refractivity contribution in [2.75, 3.05) is 19.4 Å². The second-order valence-electron chi connectivity index (χ2n) is 4.71. The maximum atomic E-state index is 12.7. The molecule has 0 aliphatic carbocycles. The number of halogens is 1. The molecule has 1 aromatic carbocycles. The lowest BCUT2D eigenvalue weighted by Crippen LogP contribution is -2.39. The third-order valence-electron chi connectivity index (χ3n) is 3.56. The molecule has 0 spiro atoms. The Morgan fingerprint density at radius 2 is 2.26 bits per heavy atom. The van der Waals surface area contributed by atoms with Crippen LogP contribution in [-0.4, -0.2) is 43.4 Å². The van der Waals surface area contributed by atoms with Gasteiger partial charge in [-0.15, -0.1) is 0 Å². The summed E-state index contributed by atoms with van der Waals surface area (Å²) in [5.41, 5.74) is 0. The van der Waals surface area contributed by atoms with Gasteiger partial charge < -0.3 is 4.74 Å². The van der Waals surface area contributed by atoms with E-state index in [1.165, 1.54) is 13.2 Å². The van der Waals surface area contributed by atoms with E-state index in [-0.39, 0.29) is 10.9 Å². The van der Waals surface area contributed by atoms with Crippen LogP contribution in [-0.2, 0) is 10.0 Å². The summed E-state index contributed by atoms with van der Waals surface area (Å²) in [6.07, 6.45) is 0.951. The minimum Gasteiger partial charge on any atom is -0.495 e. The first-order chi connectivity index (χ1) is 9.02. The summed E-state index contributed by atoms with van der Waals surface area (Å²) in [7, 11) is -2.06. The zero-order valence-electron chi connectivity index (χ0n) is 10.4. The predicted octanol–water partition coefficient (Wildman–Crippen LogP) is 2.23. The summed E-state index contributed by atoms with van der Waals surface area (Å²) in [6, 6.07) is 4.81. The minimum absolute atomic E-state index is 0.115. The highest BCUT2D eigenvalue weighted by Gasteiger charge is 2.45. The van der Waals surface area contributed by atoms with Crippen molar-refractivity contribution in [1.82, 2.24) is 4.31 Å². The zero-order valence-corrected chi connectivity index (χ0v) is 12.8. The molecule has 0 N–H and O–H groups in total. The van der Waals surface area contributed by atoms with E-state index in [0.717, 1.165) is 12.2 Å². The van der Waals surface area contributed by atoms with Crippen molar-refractivity contribution in [2.45, 2.75) is 22.6 Å². The van der Waals surface area contributed by atoms with Gasteiger partial charge in [0.15, 0.2) is 0 Å². The van der Waals surface area contributed by atoms with Crippen molar-refractivity contribution < 1.29 is 13.2 Å². The molecule has 104 valence electrons. The molecule has 2 aliphatic rings. The number of hydrogen-bond donors (Lipinski definition) is 0. The number of ether oxygens (including phenoxy) is 1. The number of sulfonamides is 1. The van der Waals surface area contributed by atoms with Crippen LogP contribution in [0.3, 0.4) is 0 Å². The Labute approximate surface area is 122 Å². The lowest BCUT2D eigenvalue weighted by molar-refractivity contribution is 0.387. The fraction of sp³-hybridized carbons (Fsp3) is 0.500. The normalized spacial score (nSPS) is 26.8. The lowest BCUT2D eigenvalue weighted by Gasteiger charge is -2.26. The van der Waals surface area contributed by atoms with Gasteiger partial charge in [0.2, 0.25) is 10.0 Å². The zero-order chi connectivity index (χ0) is 13.6. The summed E-state index contributed by atoms with van der Waals surface area (Å²) in [6.45, 7) is 0.591. The van der Waals surface area contributed by atoms with Gasteiger partial charge in [-0.05, 0) is 24.6 Å². The van der Waals surface area contributed by atoms with Crippen LogP contribution in [0.15, 0.2) is 23.1 Å². The predicted molar refractivity (Wildman–Crippen MR) is 76.5 cm³/mol. The maximum absolute atomic E-state index is 12.7. The van der Waals surface area contributed by atoms with Crippen molar-refractivity contribution in [1.29, 1.82) is 0 Å². The quantitative estimate of drug-likeness (QED) is 0.857. The molecular weight excluding hydrogens is 306 g/mol. The molecular formula is C12H14ClNO3S2. The van der Waals surface area contributed by atoms with E-state index in [1.807, 2.05) is 11.8 Å². The van der Waals surface area contributed by atoms with E-state index in [0.29, 0.717) is 22.6 Å². The molecule has 1 aromatic rings. The van der Waals surface area contributed by atoms with Gasteiger partial charge in [0.25, 0.3) is 0 Å². The lowest BCUT2D eigenvalue weighted by atomic mass is 10.3. The van der Waals surface area contributed by atoms with Gasteiger partial charge in [0.05, 0.1) is 7.11 Å². The fourth-order valence-corrected chi connectivity index (χ4v) is 6.36. The fourth-order valence-electron chi connectivity index (χ4n) is 2.64. The van der Waals surface area contributed by atoms with Crippen LogP contribution in [0.2, 0.25) is 5.02 Å².